The number of nitrogens with zero attached hydrogens (tertiary/aromatic N) is 4. The molecule has 1 saturated heterocycles. The summed E-state index contributed by atoms with van der Waals surface area (Å²) < 4.78 is 19.3. The van der Waals surface area contributed by atoms with Gasteiger partial charge < -0.3 is 9.42 Å². The third-order valence-electron chi connectivity index (χ3n) is 4.25. The van der Waals surface area contributed by atoms with Crippen molar-refractivity contribution < 1.29 is 13.7 Å². The second kappa shape index (κ2) is 6.43. The normalized spacial score (nSPS) is 17.2. The van der Waals surface area contributed by atoms with Gasteiger partial charge in [0.2, 0.25) is 17.6 Å². The number of aromatic nitrogens is 3. The predicted octanol–water partition coefficient (Wildman–Crippen LogP) is 3.13. The molecule has 6 nitrogen and oxygen atoms in total. The Bertz CT molecular complexity index is 897. The molecule has 1 amide bonds. The van der Waals surface area contributed by atoms with Crippen LogP contribution in [0.1, 0.15) is 30.3 Å². The van der Waals surface area contributed by atoms with Crippen LogP contribution >= 0.6 is 0 Å². The molecule has 25 heavy (non-hydrogen) atoms. The summed E-state index contributed by atoms with van der Waals surface area (Å²) in [7, 11) is 0. The fourth-order valence-corrected chi connectivity index (χ4v) is 2.97. The Morgan fingerprint density at radius 1 is 1.20 bits per heavy atom. The Morgan fingerprint density at radius 2 is 2.04 bits per heavy atom. The van der Waals surface area contributed by atoms with Crippen LogP contribution in [0.15, 0.2) is 53.2 Å². The molecule has 1 aromatic carbocycles. The molecule has 1 unspecified atom stereocenters. The molecule has 0 spiro atoms. The molecule has 3 heterocycles. The quantitative estimate of drug-likeness (QED) is 0.731. The Morgan fingerprint density at radius 3 is 2.84 bits per heavy atom. The van der Waals surface area contributed by atoms with Crippen molar-refractivity contribution >= 4 is 5.91 Å². The third kappa shape index (κ3) is 3.00. The number of carbonyl (C=O) groups is 1. The molecule has 0 saturated carbocycles. The second-order valence-electron chi connectivity index (χ2n) is 5.84. The first-order valence-electron chi connectivity index (χ1n) is 8.00. The van der Waals surface area contributed by atoms with Crippen molar-refractivity contribution in [3.8, 4) is 11.5 Å². The first kappa shape index (κ1) is 15.4. The summed E-state index contributed by atoms with van der Waals surface area (Å²) in [6.07, 6.45) is 2.59. The van der Waals surface area contributed by atoms with Crippen molar-refractivity contribution in [2.75, 3.05) is 0 Å². The van der Waals surface area contributed by atoms with Crippen molar-refractivity contribution in [2.45, 2.75) is 25.4 Å². The summed E-state index contributed by atoms with van der Waals surface area (Å²) in [5.74, 6) is 0.343. The summed E-state index contributed by atoms with van der Waals surface area (Å²) >= 11 is 0. The maximum absolute atomic E-state index is 13.9. The molecule has 7 heteroatoms. The van der Waals surface area contributed by atoms with Gasteiger partial charge in [-0.05, 0) is 24.6 Å². The van der Waals surface area contributed by atoms with E-state index < -0.39 is 0 Å². The monoisotopic (exact) mass is 338 g/mol. The van der Waals surface area contributed by atoms with E-state index in [0.717, 1.165) is 0 Å². The van der Waals surface area contributed by atoms with Crippen LogP contribution in [0.25, 0.3) is 11.5 Å². The molecule has 0 aliphatic carbocycles. The van der Waals surface area contributed by atoms with Gasteiger partial charge in [0.15, 0.2) is 0 Å². The first-order valence-corrected chi connectivity index (χ1v) is 8.00. The number of rotatable bonds is 4. The molecule has 1 aliphatic heterocycles. The third-order valence-corrected chi connectivity index (χ3v) is 4.25. The van der Waals surface area contributed by atoms with Gasteiger partial charge in [0.25, 0.3) is 0 Å². The van der Waals surface area contributed by atoms with E-state index in [0.29, 0.717) is 35.8 Å². The van der Waals surface area contributed by atoms with Gasteiger partial charge >= 0.3 is 0 Å². The fraction of sp³-hybridized carbons (Fsp3) is 0.222. The second-order valence-corrected chi connectivity index (χ2v) is 5.84. The number of likely N-dealkylation sites (tertiary alicyclic amines) is 1. The van der Waals surface area contributed by atoms with Crippen LogP contribution in [0.5, 0.6) is 0 Å². The summed E-state index contributed by atoms with van der Waals surface area (Å²) in [5, 5.41) is 3.95. The van der Waals surface area contributed by atoms with Gasteiger partial charge in [-0.3, -0.25) is 9.78 Å². The highest BCUT2D eigenvalue weighted by Crippen LogP contribution is 2.34. The van der Waals surface area contributed by atoms with Gasteiger partial charge in [0, 0.05) is 24.7 Å². The minimum Gasteiger partial charge on any atom is -0.337 e. The van der Waals surface area contributed by atoms with Gasteiger partial charge in [-0.1, -0.05) is 29.4 Å². The summed E-state index contributed by atoms with van der Waals surface area (Å²) in [5.41, 5.74) is 1.06. The van der Waals surface area contributed by atoms with Crippen LogP contribution in [-0.2, 0) is 11.3 Å². The molecule has 0 N–H and O–H groups in total. The van der Waals surface area contributed by atoms with Gasteiger partial charge in [0.05, 0.1) is 0 Å². The molecule has 1 aliphatic rings. The van der Waals surface area contributed by atoms with Crippen molar-refractivity contribution in [2.24, 2.45) is 0 Å². The highest BCUT2D eigenvalue weighted by molar-refractivity contribution is 5.78. The molecule has 126 valence electrons. The van der Waals surface area contributed by atoms with E-state index >= 15 is 0 Å². The number of amides is 1. The number of halogens is 1. The van der Waals surface area contributed by atoms with E-state index in [-0.39, 0.29) is 24.3 Å². The van der Waals surface area contributed by atoms with E-state index in [1.165, 1.54) is 6.07 Å². The Hall–Kier alpha value is -3.09. The number of hydrogen-bond acceptors (Lipinski definition) is 5. The summed E-state index contributed by atoms with van der Waals surface area (Å²) in [6, 6.07) is 11.5. The molecule has 1 fully saturated rings. The highest BCUT2D eigenvalue weighted by atomic mass is 19.1. The van der Waals surface area contributed by atoms with Crippen molar-refractivity contribution in [3.63, 3.8) is 0 Å². The van der Waals surface area contributed by atoms with E-state index in [4.69, 9.17) is 4.52 Å². The van der Waals surface area contributed by atoms with E-state index in [2.05, 4.69) is 15.1 Å². The van der Waals surface area contributed by atoms with Gasteiger partial charge in [-0.15, -0.1) is 0 Å². The van der Waals surface area contributed by atoms with Gasteiger partial charge in [-0.25, -0.2) is 4.39 Å². The lowest BCUT2D eigenvalue weighted by Gasteiger charge is -2.22. The van der Waals surface area contributed by atoms with Crippen LogP contribution in [-0.4, -0.2) is 25.9 Å². The van der Waals surface area contributed by atoms with Crippen LogP contribution in [0.2, 0.25) is 0 Å². The molecular formula is C18H15FN4O2. The molecule has 4 rings (SSSR count). The molecule has 3 aromatic rings. The molecule has 0 radical (unpaired) electrons. The largest absolute Gasteiger partial charge is 0.337 e. The maximum Gasteiger partial charge on any atom is 0.249 e. The van der Waals surface area contributed by atoms with Crippen molar-refractivity contribution in [1.29, 1.82) is 0 Å². The van der Waals surface area contributed by atoms with Crippen LogP contribution in [0.3, 0.4) is 0 Å². The number of pyridine rings is 1. The van der Waals surface area contributed by atoms with Crippen molar-refractivity contribution in [3.05, 3.63) is 65.9 Å². The molecule has 0 bridgehead atoms. The first-order chi connectivity index (χ1) is 12.2. The lowest BCUT2D eigenvalue weighted by molar-refractivity contribution is -0.130. The van der Waals surface area contributed by atoms with Gasteiger partial charge in [0.1, 0.15) is 17.6 Å². The minimum atomic E-state index is -0.350. The summed E-state index contributed by atoms with van der Waals surface area (Å²) in [4.78, 5) is 22.4. The SMILES string of the molecule is O=C1CCC(c2nc(-c3ccccn3)no2)N1Cc1ccccc1F. The van der Waals surface area contributed by atoms with Gasteiger partial charge in [-0.2, -0.15) is 4.98 Å². The number of carbonyl (C=O) groups excluding carboxylic acids is 1. The average molecular weight is 338 g/mol. The smallest absolute Gasteiger partial charge is 0.249 e. The zero-order chi connectivity index (χ0) is 17.2. The zero-order valence-corrected chi connectivity index (χ0v) is 13.3. The Labute approximate surface area is 143 Å². The number of hydrogen-bond donors (Lipinski definition) is 0. The lowest BCUT2D eigenvalue weighted by Crippen LogP contribution is -2.27. The van der Waals surface area contributed by atoms with Crippen LogP contribution < -0.4 is 0 Å². The average Bonchev–Trinajstić information content (AvgIpc) is 3.25. The summed E-state index contributed by atoms with van der Waals surface area (Å²) in [6.45, 7) is 0.178. The Balaban J connectivity index is 1.60. The van der Waals surface area contributed by atoms with Crippen LogP contribution in [0.4, 0.5) is 4.39 Å². The number of benzene rings is 1. The highest BCUT2D eigenvalue weighted by Gasteiger charge is 2.36. The van der Waals surface area contributed by atoms with E-state index in [1.807, 2.05) is 6.07 Å². The van der Waals surface area contributed by atoms with Crippen molar-refractivity contribution in [1.82, 2.24) is 20.0 Å². The molecular weight excluding hydrogens is 323 g/mol. The minimum absolute atomic E-state index is 0.0501. The standard InChI is InChI=1S/C18H15FN4O2/c19-13-6-2-1-5-12(13)11-23-15(8-9-16(23)24)18-21-17(22-25-18)14-7-3-4-10-20-14/h1-7,10,15H,8-9,11H2. The molecule has 2 aromatic heterocycles. The maximum atomic E-state index is 13.9. The van der Waals surface area contributed by atoms with Crippen LogP contribution in [0, 0.1) is 5.82 Å². The topological polar surface area (TPSA) is 72.1 Å². The lowest BCUT2D eigenvalue weighted by atomic mass is 10.1. The Kier molecular flexibility index (Phi) is 3.97. The molecule has 1 atom stereocenters. The fourth-order valence-electron chi connectivity index (χ4n) is 2.97. The predicted molar refractivity (Wildman–Crippen MR) is 86.5 cm³/mol. The van der Waals surface area contributed by atoms with E-state index in [1.54, 1.807) is 41.4 Å². The zero-order valence-electron chi connectivity index (χ0n) is 13.3. The van der Waals surface area contributed by atoms with E-state index in [9.17, 15) is 9.18 Å².